The fraction of sp³-hybridized carbons (Fsp3) is 0.429. The Morgan fingerprint density at radius 1 is 1.05 bits per heavy atom. The van der Waals surface area contributed by atoms with Crippen LogP contribution in [0.25, 0.3) is 11.6 Å². The molecule has 0 bridgehead atoms. The highest BCUT2D eigenvalue weighted by molar-refractivity contribution is 5.44. The van der Waals surface area contributed by atoms with Gasteiger partial charge in [0.2, 0.25) is 0 Å². The van der Waals surface area contributed by atoms with Crippen molar-refractivity contribution in [1.29, 1.82) is 0 Å². The molecule has 0 saturated heterocycles. The molecule has 0 aliphatic carbocycles. The molecule has 2 heterocycles. The Bertz CT molecular complexity index is 536. The number of methoxy groups -OCH3 is 1. The maximum absolute atomic E-state index is 5.01. The van der Waals surface area contributed by atoms with Crippen LogP contribution in [0.4, 0.5) is 0 Å². The molecule has 0 amide bonds. The third-order valence-electron chi connectivity index (χ3n) is 2.97. The molecule has 0 atom stereocenters. The number of ether oxygens (including phenoxy) is 1. The van der Waals surface area contributed by atoms with E-state index in [0.717, 1.165) is 30.0 Å². The fourth-order valence-corrected chi connectivity index (χ4v) is 1.90. The van der Waals surface area contributed by atoms with Gasteiger partial charge in [0.15, 0.2) is 11.6 Å². The zero-order valence-corrected chi connectivity index (χ0v) is 12.1. The van der Waals surface area contributed by atoms with Crippen molar-refractivity contribution in [3.8, 4) is 11.6 Å². The predicted molar refractivity (Wildman–Crippen MR) is 76.1 cm³/mol. The second kappa shape index (κ2) is 7.02. The van der Waals surface area contributed by atoms with E-state index in [9.17, 15) is 0 Å². The smallest absolute Gasteiger partial charge is 0.198 e. The van der Waals surface area contributed by atoms with Crippen LogP contribution < -0.4 is 5.32 Å². The molecule has 6 heteroatoms. The second-order valence-electron chi connectivity index (χ2n) is 4.44. The normalized spacial score (nSPS) is 10.8. The summed E-state index contributed by atoms with van der Waals surface area (Å²) in [5.41, 5.74) is 3.01. The van der Waals surface area contributed by atoms with Crippen molar-refractivity contribution < 1.29 is 4.74 Å². The summed E-state index contributed by atoms with van der Waals surface area (Å²) in [7, 11) is 1.69. The Kier molecular flexibility index (Phi) is 5.09. The van der Waals surface area contributed by atoms with Gasteiger partial charge in [-0.15, -0.1) is 0 Å². The third kappa shape index (κ3) is 3.55. The molecule has 0 radical (unpaired) electrons. The summed E-state index contributed by atoms with van der Waals surface area (Å²) in [5, 5.41) is 3.31. The standard InChI is InChI=1S/C14H19N5O/c1-10-12(9-15-7-8-20-3)11(2)19-14(18-10)13-16-5-4-6-17-13/h4-6,15H,7-9H2,1-3H3. The highest BCUT2D eigenvalue weighted by Crippen LogP contribution is 2.15. The highest BCUT2D eigenvalue weighted by Gasteiger charge is 2.11. The van der Waals surface area contributed by atoms with E-state index >= 15 is 0 Å². The first-order valence-electron chi connectivity index (χ1n) is 6.53. The quantitative estimate of drug-likeness (QED) is 0.799. The van der Waals surface area contributed by atoms with Crippen LogP contribution in [0.3, 0.4) is 0 Å². The Hall–Kier alpha value is -1.92. The molecular weight excluding hydrogens is 254 g/mol. The summed E-state index contributed by atoms with van der Waals surface area (Å²) in [6.45, 7) is 6.19. The molecule has 106 valence electrons. The lowest BCUT2D eigenvalue weighted by Gasteiger charge is -2.11. The molecule has 0 spiro atoms. The number of hydrogen-bond acceptors (Lipinski definition) is 6. The first-order valence-corrected chi connectivity index (χ1v) is 6.53. The number of aromatic nitrogens is 4. The zero-order chi connectivity index (χ0) is 14.4. The van der Waals surface area contributed by atoms with Crippen molar-refractivity contribution in [1.82, 2.24) is 25.3 Å². The minimum atomic E-state index is 0.553. The van der Waals surface area contributed by atoms with Crippen LogP contribution in [0.1, 0.15) is 17.0 Å². The van der Waals surface area contributed by atoms with E-state index in [2.05, 4.69) is 25.3 Å². The molecule has 2 rings (SSSR count). The fourth-order valence-electron chi connectivity index (χ4n) is 1.90. The van der Waals surface area contributed by atoms with Gasteiger partial charge in [-0.05, 0) is 19.9 Å². The molecule has 0 saturated carbocycles. The molecule has 0 aliphatic rings. The van der Waals surface area contributed by atoms with Crippen LogP contribution in [0, 0.1) is 13.8 Å². The van der Waals surface area contributed by atoms with Crippen molar-refractivity contribution in [2.45, 2.75) is 20.4 Å². The number of nitrogens with one attached hydrogen (secondary N) is 1. The van der Waals surface area contributed by atoms with Gasteiger partial charge in [-0.25, -0.2) is 19.9 Å². The van der Waals surface area contributed by atoms with Crippen molar-refractivity contribution in [2.24, 2.45) is 0 Å². The van der Waals surface area contributed by atoms with Gasteiger partial charge in [-0.2, -0.15) is 0 Å². The summed E-state index contributed by atoms with van der Waals surface area (Å²) in [4.78, 5) is 17.3. The number of rotatable bonds is 6. The van der Waals surface area contributed by atoms with Crippen LogP contribution in [-0.2, 0) is 11.3 Å². The molecule has 2 aromatic rings. The topological polar surface area (TPSA) is 72.8 Å². The lowest BCUT2D eigenvalue weighted by Crippen LogP contribution is -2.20. The number of aryl methyl sites for hydroxylation is 2. The van der Waals surface area contributed by atoms with E-state index in [1.54, 1.807) is 25.6 Å². The first kappa shape index (κ1) is 14.5. The summed E-state index contributed by atoms with van der Waals surface area (Å²) < 4.78 is 5.01. The maximum atomic E-state index is 5.01. The van der Waals surface area contributed by atoms with Crippen LogP contribution in [0.5, 0.6) is 0 Å². The average Bonchev–Trinajstić information content (AvgIpc) is 2.46. The Morgan fingerprint density at radius 3 is 2.30 bits per heavy atom. The molecule has 0 aromatic carbocycles. The minimum Gasteiger partial charge on any atom is -0.383 e. The molecular formula is C14H19N5O. The van der Waals surface area contributed by atoms with Crippen LogP contribution >= 0.6 is 0 Å². The van der Waals surface area contributed by atoms with Gasteiger partial charge in [0.25, 0.3) is 0 Å². The first-order chi connectivity index (χ1) is 9.72. The van der Waals surface area contributed by atoms with E-state index in [4.69, 9.17) is 4.74 Å². The largest absolute Gasteiger partial charge is 0.383 e. The molecule has 2 aromatic heterocycles. The highest BCUT2D eigenvalue weighted by atomic mass is 16.5. The van der Waals surface area contributed by atoms with Crippen molar-refractivity contribution in [3.63, 3.8) is 0 Å². The monoisotopic (exact) mass is 273 g/mol. The van der Waals surface area contributed by atoms with E-state index in [0.29, 0.717) is 18.3 Å². The van der Waals surface area contributed by atoms with Gasteiger partial charge >= 0.3 is 0 Å². The third-order valence-corrected chi connectivity index (χ3v) is 2.97. The lowest BCUT2D eigenvalue weighted by atomic mass is 10.1. The summed E-state index contributed by atoms with van der Waals surface area (Å²) in [5.74, 6) is 1.12. The van der Waals surface area contributed by atoms with Gasteiger partial charge in [-0.3, -0.25) is 0 Å². The number of nitrogens with zero attached hydrogens (tertiary/aromatic N) is 4. The Balaban J connectivity index is 2.17. The molecule has 0 unspecified atom stereocenters. The van der Waals surface area contributed by atoms with Gasteiger partial charge in [0.1, 0.15) is 0 Å². The van der Waals surface area contributed by atoms with Crippen LogP contribution in [0.15, 0.2) is 18.5 Å². The molecule has 20 heavy (non-hydrogen) atoms. The van der Waals surface area contributed by atoms with Gasteiger partial charge in [0, 0.05) is 49.5 Å². The summed E-state index contributed by atoms with van der Waals surface area (Å²) in [6.07, 6.45) is 3.38. The summed E-state index contributed by atoms with van der Waals surface area (Å²) >= 11 is 0. The van der Waals surface area contributed by atoms with Crippen LogP contribution in [0.2, 0.25) is 0 Å². The zero-order valence-electron chi connectivity index (χ0n) is 12.1. The van der Waals surface area contributed by atoms with Crippen molar-refractivity contribution >= 4 is 0 Å². The van der Waals surface area contributed by atoms with E-state index in [1.165, 1.54) is 0 Å². The average molecular weight is 273 g/mol. The van der Waals surface area contributed by atoms with Crippen molar-refractivity contribution in [3.05, 3.63) is 35.4 Å². The predicted octanol–water partition coefficient (Wildman–Crippen LogP) is 1.29. The van der Waals surface area contributed by atoms with Gasteiger partial charge < -0.3 is 10.1 Å². The van der Waals surface area contributed by atoms with Crippen LogP contribution in [-0.4, -0.2) is 40.2 Å². The van der Waals surface area contributed by atoms with E-state index in [1.807, 2.05) is 13.8 Å². The Morgan fingerprint density at radius 2 is 1.70 bits per heavy atom. The van der Waals surface area contributed by atoms with Gasteiger partial charge in [0.05, 0.1) is 6.61 Å². The minimum absolute atomic E-state index is 0.553. The number of hydrogen-bond donors (Lipinski definition) is 1. The molecule has 0 aliphatic heterocycles. The molecule has 6 nitrogen and oxygen atoms in total. The second-order valence-corrected chi connectivity index (χ2v) is 4.44. The molecule has 0 fully saturated rings. The maximum Gasteiger partial charge on any atom is 0.198 e. The lowest BCUT2D eigenvalue weighted by molar-refractivity contribution is 0.199. The van der Waals surface area contributed by atoms with Crippen molar-refractivity contribution in [2.75, 3.05) is 20.3 Å². The molecule has 1 N–H and O–H groups in total. The van der Waals surface area contributed by atoms with Gasteiger partial charge in [-0.1, -0.05) is 0 Å². The SMILES string of the molecule is COCCNCc1c(C)nc(-c2ncccn2)nc1C. The summed E-state index contributed by atoms with van der Waals surface area (Å²) in [6, 6.07) is 1.78. The van der Waals surface area contributed by atoms with E-state index < -0.39 is 0 Å². The van der Waals surface area contributed by atoms with E-state index in [-0.39, 0.29) is 0 Å². The Labute approximate surface area is 118 Å².